The van der Waals surface area contributed by atoms with Gasteiger partial charge in [0.05, 0.1) is 21.8 Å². The van der Waals surface area contributed by atoms with Gasteiger partial charge in [-0.2, -0.15) is 5.26 Å². The third-order valence-corrected chi connectivity index (χ3v) is 8.65. The van der Waals surface area contributed by atoms with Gasteiger partial charge in [-0.25, -0.2) is 8.78 Å². The minimum absolute atomic E-state index is 0.0390. The van der Waals surface area contributed by atoms with E-state index in [1.807, 2.05) is 37.3 Å². The minimum Gasteiger partial charge on any atom is -0.368 e. The van der Waals surface area contributed by atoms with Gasteiger partial charge in [-0.1, -0.05) is 18.2 Å². The summed E-state index contributed by atoms with van der Waals surface area (Å²) >= 11 is 0.679. The molecule has 1 amide bonds. The molecule has 2 fully saturated rings. The highest BCUT2D eigenvalue weighted by molar-refractivity contribution is 7.97. The van der Waals surface area contributed by atoms with Crippen LogP contribution in [0.2, 0.25) is 0 Å². The molecule has 41 heavy (non-hydrogen) atoms. The zero-order valence-corrected chi connectivity index (χ0v) is 24.2. The van der Waals surface area contributed by atoms with Crippen LogP contribution < -0.4 is 14.9 Å². The van der Waals surface area contributed by atoms with E-state index in [0.29, 0.717) is 49.3 Å². The number of hydrogen-bond donors (Lipinski definition) is 1. The Bertz CT molecular complexity index is 1480. The SMILES string of the molecule is Cc1cc(C)c(C(=O)N2CCN(c3cc(F)c(SN)cc3F)CC2)cc1CN1CCN(c2ccccc2C#N)CC1. The number of carbonyl (C=O) groups excluding carboxylic acids is 1. The Morgan fingerprint density at radius 1 is 0.878 bits per heavy atom. The number of carbonyl (C=O) groups is 1. The number of amides is 1. The molecular weight excluding hydrogens is 542 g/mol. The normalized spacial score (nSPS) is 16.1. The van der Waals surface area contributed by atoms with Crippen molar-refractivity contribution in [1.29, 1.82) is 5.26 Å². The number of nitriles is 1. The van der Waals surface area contributed by atoms with Crippen LogP contribution >= 0.6 is 11.9 Å². The Labute approximate surface area is 244 Å². The number of benzene rings is 3. The Kier molecular flexibility index (Phi) is 8.78. The quantitative estimate of drug-likeness (QED) is 0.426. The molecular formula is C31H34F2N6OS. The number of halogens is 2. The van der Waals surface area contributed by atoms with Gasteiger partial charge in [0.2, 0.25) is 0 Å². The van der Waals surface area contributed by atoms with Crippen molar-refractivity contribution in [2.75, 3.05) is 62.2 Å². The maximum atomic E-state index is 14.6. The number of rotatable bonds is 6. The fourth-order valence-electron chi connectivity index (χ4n) is 5.70. The zero-order valence-electron chi connectivity index (χ0n) is 23.4. The van der Waals surface area contributed by atoms with Crippen LogP contribution in [0.25, 0.3) is 0 Å². The second-order valence-electron chi connectivity index (χ2n) is 10.6. The van der Waals surface area contributed by atoms with Crippen molar-refractivity contribution in [1.82, 2.24) is 9.80 Å². The predicted molar refractivity (Wildman–Crippen MR) is 159 cm³/mol. The van der Waals surface area contributed by atoms with Crippen LogP contribution in [0.1, 0.15) is 32.6 Å². The van der Waals surface area contributed by atoms with Gasteiger partial charge < -0.3 is 14.7 Å². The first-order valence-corrected chi connectivity index (χ1v) is 14.6. The van der Waals surface area contributed by atoms with Crippen molar-refractivity contribution in [3.63, 3.8) is 0 Å². The van der Waals surface area contributed by atoms with Crippen molar-refractivity contribution in [2.45, 2.75) is 25.3 Å². The molecule has 0 bridgehead atoms. The van der Waals surface area contributed by atoms with Crippen LogP contribution in [-0.2, 0) is 6.54 Å². The van der Waals surface area contributed by atoms with E-state index in [1.165, 1.54) is 6.07 Å². The molecule has 0 aromatic heterocycles. The summed E-state index contributed by atoms with van der Waals surface area (Å²) < 4.78 is 28.9. The lowest BCUT2D eigenvalue weighted by molar-refractivity contribution is 0.0745. The topological polar surface area (TPSA) is 79.8 Å². The Morgan fingerprint density at radius 2 is 1.54 bits per heavy atom. The molecule has 0 spiro atoms. The summed E-state index contributed by atoms with van der Waals surface area (Å²) in [6.45, 7) is 9.83. The van der Waals surface area contributed by atoms with Crippen LogP contribution in [0.15, 0.2) is 53.4 Å². The average Bonchev–Trinajstić information content (AvgIpc) is 2.99. The van der Waals surface area contributed by atoms with Gasteiger partial charge in [-0.3, -0.25) is 14.8 Å². The first kappa shape index (κ1) is 28.9. The van der Waals surface area contributed by atoms with Crippen LogP contribution in [0, 0.1) is 36.8 Å². The van der Waals surface area contributed by atoms with E-state index in [1.54, 1.807) is 9.80 Å². The van der Waals surface area contributed by atoms with Crippen LogP contribution in [0.4, 0.5) is 20.2 Å². The molecule has 0 radical (unpaired) electrons. The third kappa shape index (κ3) is 6.17. The average molecular weight is 577 g/mol. The van der Waals surface area contributed by atoms with Crippen molar-refractivity contribution in [2.24, 2.45) is 5.14 Å². The largest absolute Gasteiger partial charge is 0.368 e. The van der Waals surface area contributed by atoms with Crippen molar-refractivity contribution >= 4 is 29.2 Å². The standard InChI is InChI=1S/C31H34F2N6OS/c1-21-15-22(2)25(16-24(21)20-36-7-9-37(10-8-36)28-6-4-3-5-23(28)19-34)31(40)39-13-11-38(12-14-39)29-17-27(33)30(41-35)18-26(29)32/h3-6,15-18H,7-14,20,35H2,1-2H3. The van der Waals surface area contributed by atoms with Gasteiger partial charge >= 0.3 is 0 Å². The fraction of sp³-hybridized carbons (Fsp3) is 0.355. The molecule has 0 saturated carbocycles. The Hall–Kier alpha value is -3.65. The van der Waals surface area contributed by atoms with Gasteiger partial charge in [-0.15, -0.1) is 0 Å². The second-order valence-corrected chi connectivity index (χ2v) is 11.3. The molecule has 0 unspecified atom stereocenters. The van der Waals surface area contributed by atoms with E-state index in [9.17, 15) is 18.8 Å². The first-order chi connectivity index (χ1) is 19.8. The summed E-state index contributed by atoms with van der Waals surface area (Å²) in [5.74, 6) is -1.11. The lowest BCUT2D eigenvalue weighted by Gasteiger charge is -2.37. The monoisotopic (exact) mass is 576 g/mol. The molecule has 214 valence electrons. The highest BCUT2D eigenvalue weighted by atomic mass is 32.2. The molecule has 2 N–H and O–H groups in total. The van der Waals surface area contributed by atoms with Gasteiger partial charge in [0.1, 0.15) is 17.7 Å². The van der Waals surface area contributed by atoms with E-state index in [0.717, 1.165) is 61.2 Å². The molecule has 7 nitrogen and oxygen atoms in total. The van der Waals surface area contributed by atoms with Crippen LogP contribution in [-0.4, -0.2) is 68.1 Å². The maximum Gasteiger partial charge on any atom is 0.254 e. The van der Waals surface area contributed by atoms with Crippen molar-refractivity contribution < 1.29 is 13.6 Å². The van der Waals surface area contributed by atoms with Crippen molar-refractivity contribution in [3.8, 4) is 6.07 Å². The summed E-state index contributed by atoms with van der Waals surface area (Å²) in [4.78, 5) is 21.9. The summed E-state index contributed by atoms with van der Waals surface area (Å²) in [7, 11) is 0. The molecule has 2 saturated heterocycles. The van der Waals surface area contributed by atoms with Gasteiger partial charge in [0, 0.05) is 70.5 Å². The highest BCUT2D eigenvalue weighted by Crippen LogP contribution is 2.29. The predicted octanol–water partition coefficient (Wildman–Crippen LogP) is 4.70. The molecule has 0 atom stereocenters. The molecule has 5 rings (SSSR count). The van der Waals surface area contributed by atoms with Gasteiger partial charge in [0.25, 0.3) is 5.91 Å². The van der Waals surface area contributed by atoms with Crippen LogP contribution in [0.5, 0.6) is 0 Å². The number of para-hydroxylation sites is 1. The minimum atomic E-state index is -0.552. The van der Waals surface area contributed by atoms with E-state index >= 15 is 0 Å². The number of anilines is 2. The number of aryl methyl sites for hydroxylation is 2. The molecule has 3 aromatic carbocycles. The number of nitrogens with two attached hydrogens (primary N) is 1. The highest BCUT2D eigenvalue weighted by Gasteiger charge is 2.27. The lowest BCUT2D eigenvalue weighted by atomic mass is 9.98. The summed E-state index contributed by atoms with van der Waals surface area (Å²) in [6.07, 6.45) is 0. The van der Waals surface area contributed by atoms with Crippen LogP contribution in [0.3, 0.4) is 0 Å². The Balaban J connectivity index is 1.22. The van der Waals surface area contributed by atoms with Gasteiger partial charge in [0.15, 0.2) is 0 Å². The molecule has 3 aromatic rings. The third-order valence-electron chi connectivity index (χ3n) is 8.08. The summed E-state index contributed by atoms with van der Waals surface area (Å²) in [5.41, 5.74) is 5.75. The number of piperazine rings is 2. The smallest absolute Gasteiger partial charge is 0.254 e. The Morgan fingerprint density at radius 3 is 2.22 bits per heavy atom. The van der Waals surface area contributed by atoms with E-state index < -0.39 is 11.6 Å². The van der Waals surface area contributed by atoms with Crippen molar-refractivity contribution in [3.05, 3.63) is 88.0 Å². The first-order valence-electron chi connectivity index (χ1n) is 13.8. The molecule has 2 heterocycles. The fourth-order valence-corrected chi connectivity index (χ4v) is 6.04. The molecule has 2 aliphatic rings. The van der Waals surface area contributed by atoms with E-state index in [2.05, 4.69) is 28.9 Å². The van der Waals surface area contributed by atoms with E-state index in [-0.39, 0.29) is 16.5 Å². The summed E-state index contributed by atoms with van der Waals surface area (Å²) in [5, 5.41) is 14.9. The number of nitrogens with zero attached hydrogens (tertiary/aromatic N) is 5. The molecule has 0 aliphatic carbocycles. The van der Waals surface area contributed by atoms with E-state index in [4.69, 9.17) is 5.14 Å². The van der Waals surface area contributed by atoms with Gasteiger partial charge in [-0.05, 0) is 66.8 Å². The lowest BCUT2D eigenvalue weighted by Crippen LogP contribution is -2.49. The number of hydrogen-bond acceptors (Lipinski definition) is 7. The molecule has 10 heteroatoms. The summed E-state index contributed by atoms with van der Waals surface area (Å²) in [6, 6.07) is 16.4. The zero-order chi connectivity index (χ0) is 29.1. The maximum absolute atomic E-state index is 14.6. The second kappa shape index (κ2) is 12.5. The molecule has 2 aliphatic heterocycles.